The normalized spacial score (nSPS) is 19.2. The van der Waals surface area contributed by atoms with Crippen LogP contribution in [0.1, 0.15) is 48.4 Å². The van der Waals surface area contributed by atoms with Gasteiger partial charge in [0.25, 0.3) is 5.56 Å². The maximum Gasteiger partial charge on any atom is 0.280 e. The van der Waals surface area contributed by atoms with Gasteiger partial charge in [-0.15, -0.1) is 0 Å². The van der Waals surface area contributed by atoms with Crippen molar-refractivity contribution in [1.29, 1.82) is 0 Å². The molecular formula is C20H19FN6O2. The molecule has 1 aliphatic carbocycles. The molecule has 3 aromatic heterocycles. The van der Waals surface area contributed by atoms with Crippen LogP contribution in [0.25, 0.3) is 11.2 Å². The highest BCUT2D eigenvalue weighted by Gasteiger charge is 2.30. The van der Waals surface area contributed by atoms with Crippen molar-refractivity contribution in [3.63, 3.8) is 0 Å². The molecule has 0 spiro atoms. The average Bonchev–Trinajstić information content (AvgIpc) is 3.45. The summed E-state index contributed by atoms with van der Waals surface area (Å²) in [6, 6.07) is 6.69. The summed E-state index contributed by atoms with van der Waals surface area (Å²) in [7, 11) is 1.76. The zero-order valence-corrected chi connectivity index (χ0v) is 15.8. The Bertz CT molecular complexity index is 1230. The van der Waals surface area contributed by atoms with Gasteiger partial charge in [-0.3, -0.25) is 9.36 Å². The van der Waals surface area contributed by atoms with Gasteiger partial charge in [-0.1, -0.05) is 17.3 Å². The number of fused-ring (bicyclic) bond motifs is 1. The van der Waals surface area contributed by atoms with Crippen molar-refractivity contribution in [3.05, 3.63) is 70.4 Å². The van der Waals surface area contributed by atoms with Crippen LogP contribution >= 0.6 is 0 Å². The van der Waals surface area contributed by atoms with E-state index in [2.05, 4.69) is 20.1 Å². The molecule has 1 aliphatic rings. The Labute approximate surface area is 165 Å². The third-order valence-electron chi connectivity index (χ3n) is 5.63. The minimum Gasteiger partial charge on any atom is -0.337 e. The number of hydrogen-bond donors (Lipinski definition) is 0. The van der Waals surface area contributed by atoms with Crippen molar-refractivity contribution in [2.75, 3.05) is 0 Å². The van der Waals surface area contributed by atoms with Crippen molar-refractivity contribution in [3.8, 4) is 0 Å². The molecule has 1 aromatic carbocycles. The molecule has 5 rings (SSSR count). The molecule has 0 saturated heterocycles. The Balaban J connectivity index is 1.32. The lowest BCUT2D eigenvalue weighted by molar-refractivity contribution is 0.361. The number of rotatable bonds is 4. The van der Waals surface area contributed by atoms with Crippen molar-refractivity contribution >= 4 is 11.2 Å². The summed E-state index contributed by atoms with van der Waals surface area (Å²) in [5.41, 5.74) is 1.79. The quantitative estimate of drug-likeness (QED) is 0.529. The third-order valence-corrected chi connectivity index (χ3v) is 5.63. The number of benzene rings is 1. The molecule has 0 unspecified atom stereocenters. The summed E-state index contributed by atoms with van der Waals surface area (Å²) in [6.45, 7) is 0.161. The van der Waals surface area contributed by atoms with E-state index in [9.17, 15) is 9.18 Å². The third kappa shape index (κ3) is 3.22. The van der Waals surface area contributed by atoms with Gasteiger partial charge in [-0.05, 0) is 42.9 Å². The zero-order chi connectivity index (χ0) is 20.0. The van der Waals surface area contributed by atoms with Crippen LogP contribution < -0.4 is 5.56 Å². The molecule has 3 heterocycles. The first kappa shape index (κ1) is 17.7. The van der Waals surface area contributed by atoms with Gasteiger partial charge in [0.05, 0.1) is 6.33 Å². The lowest BCUT2D eigenvalue weighted by Gasteiger charge is -2.09. The second kappa shape index (κ2) is 6.91. The number of aromatic nitrogens is 6. The van der Waals surface area contributed by atoms with Crippen molar-refractivity contribution < 1.29 is 8.91 Å². The first-order valence-corrected chi connectivity index (χ1v) is 9.53. The molecule has 1 saturated carbocycles. The standard InChI is InChI=1S/C20H19FN6O2/c1-26-10-22-19-17(26)20(28)27(11-23-19)9-16-24-18(25-29-16)14-3-2-13(8-14)12-4-6-15(21)7-5-12/h4-7,10-11,13-14H,2-3,8-9H2,1H3/t13-,14-/m1/s1. The van der Waals surface area contributed by atoms with Crippen LogP contribution in [0.2, 0.25) is 0 Å². The van der Waals surface area contributed by atoms with Crippen molar-refractivity contribution in [2.24, 2.45) is 7.05 Å². The number of nitrogens with zero attached hydrogens (tertiary/aromatic N) is 6. The van der Waals surface area contributed by atoms with Gasteiger partial charge in [0.2, 0.25) is 5.89 Å². The molecule has 8 nitrogen and oxygen atoms in total. The van der Waals surface area contributed by atoms with Gasteiger partial charge < -0.3 is 9.09 Å². The monoisotopic (exact) mass is 394 g/mol. The molecule has 2 atom stereocenters. The summed E-state index contributed by atoms with van der Waals surface area (Å²) >= 11 is 0. The first-order chi connectivity index (χ1) is 14.1. The van der Waals surface area contributed by atoms with Crippen LogP contribution in [-0.4, -0.2) is 29.2 Å². The van der Waals surface area contributed by atoms with Crippen molar-refractivity contribution in [2.45, 2.75) is 37.6 Å². The SMILES string of the molecule is Cn1cnc2ncn(Cc3nc([C@@H]4CC[C@@H](c5ccc(F)cc5)C4)no3)c(=O)c21. The van der Waals surface area contributed by atoms with E-state index in [-0.39, 0.29) is 23.8 Å². The Morgan fingerprint density at radius 2 is 1.90 bits per heavy atom. The highest BCUT2D eigenvalue weighted by atomic mass is 19.1. The lowest BCUT2D eigenvalue weighted by Crippen LogP contribution is -2.22. The molecule has 0 N–H and O–H groups in total. The molecule has 0 aliphatic heterocycles. The van der Waals surface area contributed by atoms with E-state index < -0.39 is 0 Å². The van der Waals surface area contributed by atoms with Gasteiger partial charge in [-0.2, -0.15) is 4.98 Å². The summed E-state index contributed by atoms with van der Waals surface area (Å²) in [5, 5.41) is 4.14. The van der Waals surface area contributed by atoms with E-state index in [1.807, 2.05) is 12.1 Å². The fourth-order valence-corrected chi connectivity index (χ4v) is 4.08. The summed E-state index contributed by atoms with van der Waals surface area (Å²) in [5.74, 6) is 1.36. The van der Waals surface area contributed by atoms with Crippen molar-refractivity contribution in [1.82, 2.24) is 29.2 Å². The van der Waals surface area contributed by atoms with Gasteiger partial charge in [0.1, 0.15) is 18.7 Å². The van der Waals surface area contributed by atoms with Gasteiger partial charge in [-0.25, -0.2) is 14.4 Å². The van der Waals surface area contributed by atoms with Crippen LogP contribution in [0.5, 0.6) is 0 Å². The van der Waals surface area contributed by atoms with Crippen LogP contribution in [-0.2, 0) is 13.6 Å². The van der Waals surface area contributed by atoms with E-state index in [0.717, 1.165) is 24.8 Å². The Hall–Kier alpha value is -3.36. The summed E-state index contributed by atoms with van der Waals surface area (Å²) in [4.78, 5) is 25.5. The predicted octanol–water partition coefficient (Wildman–Crippen LogP) is 2.75. The van der Waals surface area contributed by atoms with E-state index in [0.29, 0.717) is 28.8 Å². The Morgan fingerprint density at radius 3 is 2.72 bits per heavy atom. The molecule has 9 heteroatoms. The lowest BCUT2D eigenvalue weighted by atomic mass is 9.96. The van der Waals surface area contributed by atoms with Crippen LogP contribution in [0.3, 0.4) is 0 Å². The second-order valence-electron chi connectivity index (χ2n) is 7.51. The first-order valence-electron chi connectivity index (χ1n) is 9.53. The van der Waals surface area contributed by atoms with Crippen LogP contribution in [0.4, 0.5) is 4.39 Å². The minimum atomic E-state index is -0.222. The van der Waals surface area contributed by atoms with Gasteiger partial charge in [0.15, 0.2) is 17.0 Å². The highest BCUT2D eigenvalue weighted by Crippen LogP contribution is 2.42. The molecule has 4 aromatic rings. The zero-order valence-electron chi connectivity index (χ0n) is 15.8. The maximum absolute atomic E-state index is 13.1. The molecule has 148 valence electrons. The number of halogens is 1. The maximum atomic E-state index is 13.1. The molecule has 1 fully saturated rings. The fourth-order valence-electron chi connectivity index (χ4n) is 4.08. The smallest absolute Gasteiger partial charge is 0.280 e. The minimum absolute atomic E-state index is 0.161. The van der Waals surface area contributed by atoms with Gasteiger partial charge >= 0.3 is 0 Å². The van der Waals surface area contributed by atoms with E-state index in [4.69, 9.17) is 4.52 Å². The summed E-state index contributed by atoms with van der Waals surface area (Å²) < 4.78 is 21.6. The molecule has 0 bridgehead atoms. The highest BCUT2D eigenvalue weighted by molar-refractivity contribution is 5.68. The molecule has 0 radical (unpaired) electrons. The topological polar surface area (TPSA) is 91.6 Å². The number of hydrogen-bond acceptors (Lipinski definition) is 6. The van der Waals surface area contributed by atoms with Crippen LogP contribution in [0, 0.1) is 5.82 Å². The largest absolute Gasteiger partial charge is 0.337 e. The van der Waals surface area contributed by atoms with E-state index in [1.54, 1.807) is 17.9 Å². The number of aryl methyl sites for hydroxylation is 1. The fraction of sp³-hybridized carbons (Fsp3) is 0.350. The number of imidazole rings is 1. The molecular weight excluding hydrogens is 375 g/mol. The Kier molecular flexibility index (Phi) is 4.22. The Morgan fingerprint density at radius 1 is 1.14 bits per heavy atom. The molecule has 0 amide bonds. The summed E-state index contributed by atoms with van der Waals surface area (Å²) in [6.07, 6.45) is 5.85. The second-order valence-corrected chi connectivity index (χ2v) is 7.51. The van der Waals surface area contributed by atoms with E-state index >= 15 is 0 Å². The van der Waals surface area contributed by atoms with Crippen LogP contribution in [0.15, 0.2) is 46.2 Å². The van der Waals surface area contributed by atoms with E-state index in [1.165, 1.54) is 23.0 Å². The molecule has 29 heavy (non-hydrogen) atoms. The van der Waals surface area contributed by atoms with Gasteiger partial charge in [0, 0.05) is 13.0 Å². The predicted molar refractivity (Wildman–Crippen MR) is 102 cm³/mol. The average molecular weight is 394 g/mol.